The van der Waals surface area contributed by atoms with Gasteiger partial charge in [0.05, 0.1) is 0 Å². The molecule has 0 rings (SSSR count). The minimum atomic E-state index is -0.253. The monoisotopic (exact) mass is 225 g/mol. The third-order valence-corrected chi connectivity index (χ3v) is 5.45. The average Bonchev–Trinajstić information content (AvgIpc) is 1.81. The van der Waals surface area contributed by atoms with Gasteiger partial charge in [0.1, 0.15) is 0 Å². The molecule has 0 N–H and O–H groups in total. The summed E-state index contributed by atoms with van der Waals surface area (Å²) in [7, 11) is 0. The summed E-state index contributed by atoms with van der Waals surface area (Å²) in [5.74, 6) is 0. The van der Waals surface area contributed by atoms with Gasteiger partial charge in [-0.15, -0.1) is 0 Å². The molecule has 0 aliphatic heterocycles. The van der Waals surface area contributed by atoms with Gasteiger partial charge in [-0.25, -0.2) is 0 Å². The number of hydrogen-bond donors (Lipinski definition) is 0. The maximum atomic E-state index is 8.12. The van der Waals surface area contributed by atoms with Crippen LogP contribution >= 0.6 is 13.6 Å². The first-order chi connectivity index (χ1) is 3.91. The van der Waals surface area contributed by atoms with Crippen LogP contribution in [0.4, 0.5) is 0 Å². The SMILES string of the molecule is N#CCCC[CH2][Zn][Br]. The third kappa shape index (κ3) is 6.59. The van der Waals surface area contributed by atoms with Crippen LogP contribution in [0.2, 0.25) is 5.02 Å². The predicted octanol–water partition coefficient (Wildman–Crippen LogP) is 2.49. The van der Waals surface area contributed by atoms with E-state index in [-0.39, 0.29) is 15.2 Å². The fraction of sp³-hybridized carbons (Fsp3) is 0.800. The first kappa shape index (κ1) is 8.59. The molecule has 0 unspecified atom stereocenters. The van der Waals surface area contributed by atoms with Crippen LogP contribution in [0.3, 0.4) is 0 Å². The third-order valence-electron chi connectivity index (χ3n) is 0.922. The number of unbranched alkanes of at least 4 members (excludes halogenated alkanes) is 2. The van der Waals surface area contributed by atoms with Gasteiger partial charge < -0.3 is 0 Å². The van der Waals surface area contributed by atoms with Crippen molar-refractivity contribution in [3.05, 3.63) is 0 Å². The van der Waals surface area contributed by atoms with Crippen molar-refractivity contribution < 1.29 is 15.2 Å². The van der Waals surface area contributed by atoms with Gasteiger partial charge >= 0.3 is 64.4 Å². The normalized spacial score (nSPS) is 7.50. The van der Waals surface area contributed by atoms with Crippen LogP contribution in [0.1, 0.15) is 19.3 Å². The van der Waals surface area contributed by atoms with Gasteiger partial charge in [0, 0.05) is 0 Å². The fourth-order valence-electron chi connectivity index (χ4n) is 0.475. The number of nitriles is 1. The van der Waals surface area contributed by atoms with Gasteiger partial charge in [0.25, 0.3) is 0 Å². The second-order valence-electron chi connectivity index (χ2n) is 1.66. The van der Waals surface area contributed by atoms with Crippen LogP contribution in [0.25, 0.3) is 0 Å². The molecule has 0 amide bonds. The van der Waals surface area contributed by atoms with E-state index in [1.807, 2.05) is 0 Å². The van der Waals surface area contributed by atoms with E-state index in [9.17, 15) is 0 Å². The Bertz CT molecular complexity index is 79.0. The van der Waals surface area contributed by atoms with E-state index >= 15 is 0 Å². The Labute approximate surface area is 64.4 Å². The van der Waals surface area contributed by atoms with Crippen molar-refractivity contribution in [3.8, 4) is 6.07 Å². The summed E-state index contributed by atoms with van der Waals surface area (Å²) in [6, 6.07) is 2.13. The molecule has 0 spiro atoms. The second-order valence-corrected chi connectivity index (χ2v) is 8.05. The molecule has 0 aromatic carbocycles. The molecule has 1 nitrogen and oxygen atoms in total. The van der Waals surface area contributed by atoms with Crippen LogP contribution in [0.15, 0.2) is 0 Å². The van der Waals surface area contributed by atoms with Crippen molar-refractivity contribution in [2.24, 2.45) is 0 Å². The summed E-state index contributed by atoms with van der Waals surface area (Å²) >= 11 is 3.25. The average molecular weight is 227 g/mol. The summed E-state index contributed by atoms with van der Waals surface area (Å²) in [6.45, 7) is 0. The van der Waals surface area contributed by atoms with E-state index in [4.69, 9.17) is 5.26 Å². The summed E-state index contributed by atoms with van der Waals surface area (Å²) < 4.78 is 0. The quantitative estimate of drug-likeness (QED) is 0.535. The summed E-state index contributed by atoms with van der Waals surface area (Å²) in [6.07, 6.45) is 3.11. The Morgan fingerprint density at radius 1 is 1.50 bits per heavy atom. The van der Waals surface area contributed by atoms with Gasteiger partial charge in [0.2, 0.25) is 0 Å². The van der Waals surface area contributed by atoms with Gasteiger partial charge in [-0.05, 0) is 0 Å². The Hall–Kier alpha value is 0.593. The van der Waals surface area contributed by atoms with E-state index in [1.54, 1.807) is 0 Å². The summed E-state index contributed by atoms with van der Waals surface area (Å²) in [4.78, 5) is 0. The minimum absolute atomic E-state index is 0.253. The molecule has 0 radical (unpaired) electrons. The Kier molecular flexibility index (Phi) is 8.16. The van der Waals surface area contributed by atoms with E-state index in [1.165, 1.54) is 11.4 Å². The number of hydrogen-bond acceptors (Lipinski definition) is 1. The number of rotatable bonds is 4. The van der Waals surface area contributed by atoms with Crippen LogP contribution in [0, 0.1) is 11.3 Å². The van der Waals surface area contributed by atoms with Gasteiger partial charge in [-0.3, -0.25) is 0 Å². The molecule has 0 aliphatic rings. The second kappa shape index (κ2) is 7.59. The summed E-state index contributed by atoms with van der Waals surface area (Å²) in [5, 5.41) is 9.50. The maximum absolute atomic E-state index is 8.12. The molecule has 0 fully saturated rings. The van der Waals surface area contributed by atoms with E-state index in [2.05, 4.69) is 19.7 Å². The van der Waals surface area contributed by atoms with Gasteiger partial charge in [-0.2, -0.15) is 0 Å². The molecule has 0 saturated heterocycles. The topological polar surface area (TPSA) is 23.8 Å². The van der Waals surface area contributed by atoms with Gasteiger partial charge in [-0.1, -0.05) is 0 Å². The Morgan fingerprint density at radius 3 is 2.75 bits per heavy atom. The van der Waals surface area contributed by atoms with E-state index in [0.717, 1.165) is 12.8 Å². The number of nitrogens with zero attached hydrogens (tertiary/aromatic N) is 1. The van der Waals surface area contributed by atoms with Crippen molar-refractivity contribution in [3.63, 3.8) is 0 Å². The van der Waals surface area contributed by atoms with Crippen molar-refractivity contribution in [2.75, 3.05) is 0 Å². The van der Waals surface area contributed by atoms with Crippen LogP contribution < -0.4 is 0 Å². The molecule has 42 valence electrons. The standard InChI is InChI=1S/C5H8N.BrH.Zn/c1-2-3-4-5-6;;/h1-4H2;1H;/q;;+1/p-1. The molecule has 0 aromatic heterocycles. The van der Waals surface area contributed by atoms with E-state index < -0.39 is 0 Å². The van der Waals surface area contributed by atoms with E-state index in [0.29, 0.717) is 0 Å². The molecule has 0 aromatic rings. The molecule has 0 saturated carbocycles. The van der Waals surface area contributed by atoms with Crippen LogP contribution in [-0.4, -0.2) is 0 Å². The van der Waals surface area contributed by atoms with Crippen molar-refractivity contribution in [2.45, 2.75) is 24.3 Å². The first-order valence-electron chi connectivity index (χ1n) is 2.84. The molecular formula is C5H8BrNZn. The molecule has 0 aliphatic carbocycles. The molecule has 0 bridgehead atoms. The first-order valence-corrected chi connectivity index (χ1v) is 11.9. The molecule has 0 atom stereocenters. The van der Waals surface area contributed by atoms with Gasteiger partial charge in [0.15, 0.2) is 0 Å². The fourth-order valence-corrected chi connectivity index (χ4v) is 3.67. The summed E-state index contributed by atoms with van der Waals surface area (Å²) in [5.41, 5.74) is 0. The zero-order valence-corrected chi connectivity index (χ0v) is 9.41. The van der Waals surface area contributed by atoms with Crippen LogP contribution in [-0.2, 0) is 15.2 Å². The van der Waals surface area contributed by atoms with Crippen molar-refractivity contribution >= 4 is 13.6 Å². The zero-order chi connectivity index (χ0) is 6.24. The molecule has 3 heteroatoms. The van der Waals surface area contributed by atoms with Crippen molar-refractivity contribution in [1.82, 2.24) is 0 Å². The zero-order valence-electron chi connectivity index (χ0n) is 4.86. The number of halogens is 1. The molecule has 0 heterocycles. The van der Waals surface area contributed by atoms with Crippen molar-refractivity contribution in [1.29, 1.82) is 5.26 Å². The molecular weight excluding hydrogens is 219 g/mol. The molecule has 8 heavy (non-hydrogen) atoms. The van der Waals surface area contributed by atoms with Crippen LogP contribution in [0.5, 0.6) is 0 Å². The predicted molar refractivity (Wildman–Crippen MR) is 33.2 cm³/mol. The Balaban J connectivity index is 2.65. The Morgan fingerprint density at radius 2 is 2.25 bits per heavy atom.